The van der Waals surface area contributed by atoms with Crippen LogP contribution in [0.2, 0.25) is 10.0 Å². The van der Waals surface area contributed by atoms with Gasteiger partial charge in [0.2, 0.25) is 5.91 Å². The third kappa shape index (κ3) is 4.47. The molecule has 0 heterocycles. The minimum Gasteiger partial charge on any atom is -0.494 e. The molecular weight excluding hydrogens is 355 g/mol. The van der Waals surface area contributed by atoms with Crippen molar-refractivity contribution in [1.82, 2.24) is 0 Å². The van der Waals surface area contributed by atoms with Gasteiger partial charge in [0, 0.05) is 22.2 Å². The summed E-state index contributed by atoms with van der Waals surface area (Å²) in [6, 6.07) is 8.82. The molecule has 24 heavy (non-hydrogen) atoms. The highest BCUT2D eigenvalue weighted by Gasteiger charge is 2.12. The molecule has 0 atom stereocenters. The van der Waals surface area contributed by atoms with Gasteiger partial charge in [-0.05, 0) is 29.8 Å². The highest BCUT2D eigenvalue weighted by molar-refractivity contribution is 6.35. The van der Waals surface area contributed by atoms with E-state index in [0.29, 0.717) is 21.3 Å². The van der Waals surface area contributed by atoms with Crippen molar-refractivity contribution in [2.75, 3.05) is 12.4 Å². The van der Waals surface area contributed by atoms with Gasteiger partial charge in [0.25, 0.3) is 5.69 Å². The highest BCUT2D eigenvalue weighted by atomic mass is 35.5. The maximum Gasteiger partial charge on any atom is 0.273 e. The monoisotopic (exact) mass is 366 g/mol. The van der Waals surface area contributed by atoms with Crippen molar-refractivity contribution in [3.8, 4) is 5.75 Å². The Bertz CT molecular complexity index is 822. The fourth-order valence-electron chi connectivity index (χ4n) is 1.87. The number of non-ortho nitro benzene ring substituents is 1. The van der Waals surface area contributed by atoms with Gasteiger partial charge in [-0.15, -0.1) is 0 Å². The molecule has 0 saturated carbocycles. The van der Waals surface area contributed by atoms with Crippen LogP contribution in [0.1, 0.15) is 5.56 Å². The van der Waals surface area contributed by atoms with Crippen LogP contribution in [0.5, 0.6) is 5.75 Å². The van der Waals surface area contributed by atoms with Crippen LogP contribution < -0.4 is 10.1 Å². The van der Waals surface area contributed by atoms with Crippen LogP contribution in [0.25, 0.3) is 6.08 Å². The van der Waals surface area contributed by atoms with E-state index in [1.807, 2.05) is 0 Å². The number of nitro groups is 1. The molecule has 0 unspecified atom stereocenters. The molecule has 1 amide bonds. The lowest BCUT2D eigenvalue weighted by atomic mass is 10.2. The quantitative estimate of drug-likeness (QED) is 0.477. The van der Waals surface area contributed by atoms with Crippen LogP contribution in [0.15, 0.2) is 42.5 Å². The summed E-state index contributed by atoms with van der Waals surface area (Å²) in [5, 5.41) is 14.2. The van der Waals surface area contributed by atoms with E-state index in [0.717, 1.165) is 0 Å². The number of amides is 1. The summed E-state index contributed by atoms with van der Waals surface area (Å²) in [5.74, 6) is -0.247. The second-order valence-electron chi connectivity index (χ2n) is 4.63. The highest BCUT2D eigenvalue weighted by Crippen LogP contribution is 2.29. The van der Waals surface area contributed by atoms with Gasteiger partial charge < -0.3 is 10.1 Å². The Kier molecular flexibility index (Phi) is 5.78. The number of methoxy groups -OCH3 is 1. The minimum atomic E-state index is -0.545. The molecule has 8 heteroatoms. The van der Waals surface area contributed by atoms with Gasteiger partial charge in [0.05, 0.1) is 23.8 Å². The molecule has 2 aromatic rings. The van der Waals surface area contributed by atoms with E-state index in [2.05, 4.69) is 5.32 Å². The number of ether oxygens (including phenoxy) is 1. The molecule has 0 fully saturated rings. The SMILES string of the molecule is COc1cc([N+](=O)[O-])ccc1NC(=O)/C=C/c1ccc(Cl)cc1Cl. The number of halogens is 2. The number of hydrogen-bond acceptors (Lipinski definition) is 4. The lowest BCUT2D eigenvalue weighted by Gasteiger charge is -2.08. The molecular formula is C16H12Cl2N2O4. The minimum absolute atomic E-state index is 0.131. The van der Waals surface area contributed by atoms with Crippen LogP contribution in [-0.4, -0.2) is 17.9 Å². The van der Waals surface area contributed by atoms with Gasteiger partial charge >= 0.3 is 0 Å². The van der Waals surface area contributed by atoms with Crippen molar-refractivity contribution in [3.05, 3.63) is 68.2 Å². The summed E-state index contributed by atoms with van der Waals surface area (Å²) < 4.78 is 5.05. The Morgan fingerprint density at radius 2 is 2.00 bits per heavy atom. The first-order chi connectivity index (χ1) is 11.4. The maximum absolute atomic E-state index is 12.0. The molecule has 0 aliphatic rings. The number of nitro benzene ring substituents is 1. The van der Waals surface area contributed by atoms with Crippen molar-refractivity contribution in [2.45, 2.75) is 0 Å². The second-order valence-corrected chi connectivity index (χ2v) is 5.47. The van der Waals surface area contributed by atoms with Gasteiger partial charge in [-0.2, -0.15) is 0 Å². The van der Waals surface area contributed by atoms with Gasteiger partial charge in [-0.1, -0.05) is 29.3 Å². The zero-order valence-electron chi connectivity index (χ0n) is 12.5. The number of rotatable bonds is 5. The average molecular weight is 367 g/mol. The zero-order valence-corrected chi connectivity index (χ0v) is 14.0. The third-order valence-corrected chi connectivity index (χ3v) is 3.59. The number of hydrogen-bond donors (Lipinski definition) is 1. The number of benzene rings is 2. The Morgan fingerprint density at radius 3 is 2.62 bits per heavy atom. The van der Waals surface area contributed by atoms with E-state index < -0.39 is 10.8 Å². The molecule has 1 N–H and O–H groups in total. The van der Waals surface area contributed by atoms with Crippen molar-refractivity contribution in [2.24, 2.45) is 0 Å². The van der Waals surface area contributed by atoms with Crippen LogP contribution in [0, 0.1) is 10.1 Å². The Labute approximate surface area is 147 Å². The first-order valence-corrected chi connectivity index (χ1v) is 7.43. The van der Waals surface area contributed by atoms with E-state index >= 15 is 0 Å². The largest absolute Gasteiger partial charge is 0.494 e. The summed E-state index contributed by atoms with van der Waals surface area (Å²) in [6.07, 6.45) is 2.82. The first-order valence-electron chi connectivity index (χ1n) is 6.67. The molecule has 2 rings (SSSR count). The number of anilines is 1. The van der Waals surface area contributed by atoms with Crippen molar-refractivity contribution < 1.29 is 14.5 Å². The normalized spacial score (nSPS) is 10.6. The van der Waals surface area contributed by atoms with Crippen LogP contribution in [0.3, 0.4) is 0 Å². The topological polar surface area (TPSA) is 81.5 Å². The molecule has 0 aromatic heterocycles. The smallest absolute Gasteiger partial charge is 0.273 e. The predicted octanol–water partition coefficient (Wildman–Crippen LogP) is 4.56. The van der Waals surface area contributed by atoms with Crippen molar-refractivity contribution >= 4 is 46.6 Å². The number of carbonyl (C=O) groups excluding carboxylic acids is 1. The fourth-order valence-corrected chi connectivity index (χ4v) is 2.34. The molecule has 2 aromatic carbocycles. The van der Waals surface area contributed by atoms with Crippen molar-refractivity contribution in [1.29, 1.82) is 0 Å². The Balaban J connectivity index is 2.14. The Hall–Kier alpha value is -2.57. The van der Waals surface area contributed by atoms with Crippen LogP contribution >= 0.6 is 23.2 Å². The molecule has 0 radical (unpaired) electrons. The van der Waals surface area contributed by atoms with E-state index in [1.165, 1.54) is 37.5 Å². The molecule has 124 valence electrons. The summed E-state index contributed by atoms with van der Waals surface area (Å²) in [5.41, 5.74) is 0.820. The van der Waals surface area contributed by atoms with E-state index in [4.69, 9.17) is 27.9 Å². The van der Waals surface area contributed by atoms with E-state index in [1.54, 1.807) is 18.2 Å². The second kappa shape index (κ2) is 7.81. The maximum atomic E-state index is 12.0. The van der Waals surface area contributed by atoms with Gasteiger partial charge in [-0.3, -0.25) is 14.9 Å². The van der Waals surface area contributed by atoms with Gasteiger partial charge in [-0.25, -0.2) is 0 Å². The zero-order chi connectivity index (χ0) is 17.7. The molecule has 0 aliphatic carbocycles. The number of nitrogens with zero attached hydrogens (tertiary/aromatic N) is 1. The molecule has 0 aliphatic heterocycles. The molecule has 0 spiro atoms. The molecule has 6 nitrogen and oxygen atoms in total. The molecule has 0 saturated heterocycles. The van der Waals surface area contributed by atoms with Gasteiger partial charge in [0.15, 0.2) is 0 Å². The average Bonchev–Trinajstić information content (AvgIpc) is 2.54. The summed E-state index contributed by atoms with van der Waals surface area (Å²) in [6.45, 7) is 0. The van der Waals surface area contributed by atoms with E-state index in [-0.39, 0.29) is 11.4 Å². The number of nitrogens with one attached hydrogen (secondary N) is 1. The van der Waals surface area contributed by atoms with Crippen LogP contribution in [-0.2, 0) is 4.79 Å². The predicted molar refractivity (Wildman–Crippen MR) is 93.8 cm³/mol. The standard InChI is InChI=1S/C16H12Cl2N2O4/c1-24-15-9-12(20(22)23)5-6-14(15)19-16(21)7-3-10-2-4-11(17)8-13(10)18/h2-9H,1H3,(H,19,21)/b7-3+. The third-order valence-electron chi connectivity index (χ3n) is 3.03. The summed E-state index contributed by atoms with van der Waals surface area (Å²) in [7, 11) is 1.36. The summed E-state index contributed by atoms with van der Waals surface area (Å²) in [4.78, 5) is 22.2. The fraction of sp³-hybridized carbons (Fsp3) is 0.0625. The lowest BCUT2D eigenvalue weighted by molar-refractivity contribution is -0.384. The Morgan fingerprint density at radius 1 is 1.25 bits per heavy atom. The van der Waals surface area contributed by atoms with Gasteiger partial charge in [0.1, 0.15) is 5.75 Å². The number of carbonyl (C=O) groups is 1. The van der Waals surface area contributed by atoms with Crippen LogP contribution in [0.4, 0.5) is 11.4 Å². The van der Waals surface area contributed by atoms with E-state index in [9.17, 15) is 14.9 Å². The van der Waals surface area contributed by atoms with Crippen molar-refractivity contribution in [3.63, 3.8) is 0 Å². The molecule has 0 bridgehead atoms. The lowest BCUT2D eigenvalue weighted by Crippen LogP contribution is -2.09. The summed E-state index contributed by atoms with van der Waals surface area (Å²) >= 11 is 11.8. The first kappa shape index (κ1) is 17.8.